The van der Waals surface area contributed by atoms with Gasteiger partial charge >= 0.3 is 12.0 Å². The van der Waals surface area contributed by atoms with Crippen LogP contribution >= 0.6 is 0 Å². The lowest BCUT2D eigenvalue weighted by molar-refractivity contribution is -0.139. The summed E-state index contributed by atoms with van der Waals surface area (Å²) in [6.45, 7) is 0.645. The van der Waals surface area contributed by atoms with E-state index in [1.807, 2.05) is 0 Å². The molecule has 0 radical (unpaired) electrons. The minimum Gasteiger partial charge on any atom is -0.480 e. The number of carbonyl (C=O) groups is 2. The van der Waals surface area contributed by atoms with Crippen molar-refractivity contribution in [3.63, 3.8) is 0 Å². The van der Waals surface area contributed by atoms with Gasteiger partial charge in [-0.05, 0) is 37.0 Å². The van der Waals surface area contributed by atoms with Gasteiger partial charge in [-0.3, -0.25) is 0 Å². The van der Waals surface area contributed by atoms with E-state index in [1.54, 1.807) is 0 Å². The quantitative estimate of drug-likeness (QED) is 0.614. The number of carbonyl (C=O) groups excluding carboxylic acids is 1. The molecule has 0 saturated heterocycles. The smallest absolute Gasteiger partial charge is 0.327 e. The van der Waals surface area contributed by atoms with E-state index in [0.717, 1.165) is 5.92 Å². The Labute approximate surface area is 106 Å². The van der Waals surface area contributed by atoms with Crippen LogP contribution in [0.25, 0.3) is 0 Å². The van der Waals surface area contributed by atoms with Crippen LogP contribution in [0.1, 0.15) is 32.1 Å². The first-order valence-corrected chi connectivity index (χ1v) is 6.28. The molecule has 0 heterocycles. The Balaban J connectivity index is 1.74. The Bertz CT molecular complexity index is 392. The Hall–Kier alpha value is -1.70. The number of terminal acetylenes is 1. The number of carboxylic acids is 1. The number of hydrogen-bond donors (Lipinski definition) is 3. The van der Waals surface area contributed by atoms with E-state index in [-0.39, 0.29) is 6.42 Å². The van der Waals surface area contributed by atoms with Crippen molar-refractivity contribution < 1.29 is 14.7 Å². The maximum absolute atomic E-state index is 11.6. The fourth-order valence-corrected chi connectivity index (χ4v) is 2.37. The molecule has 0 aromatic heterocycles. The molecule has 2 fully saturated rings. The lowest BCUT2D eigenvalue weighted by Gasteiger charge is -2.17. The summed E-state index contributed by atoms with van der Waals surface area (Å²) in [4.78, 5) is 22.4. The summed E-state index contributed by atoms with van der Waals surface area (Å²) in [5.74, 6) is 1.90. The van der Waals surface area contributed by atoms with Gasteiger partial charge in [-0.25, -0.2) is 9.59 Å². The fraction of sp³-hybridized carbons (Fsp3) is 0.692. The van der Waals surface area contributed by atoms with Crippen LogP contribution in [-0.2, 0) is 4.79 Å². The minimum absolute atomic E-state index is 0.00345. The molecule has 0 aliphatic heterocycles. The number of carboxylic acid groups (broad SMARTS) is 1. The summed E-state index contributed by atoms with van der Waals surface area (Å²) in [6, 6.07) is -1.45. The van der Waals surface area contributed by atoms with Gasteiger partial charge in [-0.1, -0.05) is 0 Å². The van der Waals surface area contributed by atoms with Crippen LogP contribution in [0, 0.1) is 23.7 Å². The number of amides is 2. The molecule has 0 aromatic rings. The molecule has 2 amide bonds. The van der Waals surface area contributed by atoms with Crippen LogP contribution in [0.15, 0.2) is 0 Å². The number of aliphatic carboxylic acids is 1. The average molecular weight is 250 g/mol. The van der Waals surface area contributed by atoms with Crippen LogP contribution in [0.4, 0.5) is 4.79 Å². The van der Waals surface area contributed by atoms with Crippen molar-refractivity contribution in [2.45, 2.75) is 38.1 Å². The molecule has 1 unspecified atom stereocenters. The summed E-state index contributed by atoms with van der Waals surface area (Å²) in [6.07, 6.45) is 9.92. The Morgan fingerprint density at radius 2 is 2.11 bits per heavy atom. The van der Waals surface area contributed by atoms with Crippen LogP contribution in [0.5, 0.6) is 0 Å². The Morgan fingerprint density at radius 1 is 1.44 bits per heavy atom. The molecule has 0 aromatic carbocycles. The van der Waals surface area contributed by atoms with Gasteiger partial charge in [-0.15, -0.1) is 12.3 Å². The van der Waals surface area contributed by atoms with Gasteiger partial charge in [0, 0.05) is 13.0 Å². The minimum atomic E-state index is -1.11. The predicted octanol–water partition coefficient (Wildman–Crippen LogP) is 0.952. The van der Waals surface area contributed by atoms with Crippen LogP contribution in [-0.4, -0.2) is 29.7 Å². The van der Waals surface area contributed by atoms with Gasteiger partial charge in [0.25, 0.3) is 0 Å². The van der Waals surface area contributed by atoms with Gasteiger partial charge in [0.05, 0.1) is 0 Å². The molecule has 5 heteroatoms. The zero-order chi connectivity index (χ0) is 13.2. The summed E-state index contributed by atoms with van der Waals surface area (Å²) < 4.78 is 0. The van der Waals surface area contributed by atoms with E-state index < -0.39 is 18.0 Å². The largest absolute Gasteiger partial charge is 0.480 e. The molecular weight excluding hydrogens is 232 g/mol. The highest BCUT2D eigenvalue weighted by Crippen LogP contribution is 2.60. The molecule has 1 atom stereocenters. The predicted molar refractivity (Wildman–Crippen MR) is 65.8 cm³/mol. The van der Waals surface area contributed by atoms with Gasteiger partial charge in [0.2, 0.25) is 0 Å². The highest BCUT2D eigenvalue weighted by atomic mass is 16.4. The summed E-state index contributed by atoms with van der Waals surface area (Å²) in [5, 5.41) is 14.0. The van der Waals surface area contributed by atoms with Gasteiger partial charge < -0.3 is 15.7 Å². The second-order valence-electron chi connectivity index (χ2n) is 5.26. The van der Waals surface area contributed by atoms with Crippen molar-refractivity contribution in [3.05, 3.63) is 0 Å². The SMILES string of the molecule is C#CCC(NC(=O)NCC1(C2CC2)CC1)C(=O)O. The van der Waals surface area contributed by atoms with Crippen molar-refractivity contribution in [1.82, 2.24) is 10.6 Å². The highest BCUT2D eigenvalue weighted by Gasteiger charge is 2.53. The summed E-state index contributed by atoms with van der Waals surface area (Å²) in [7, 11) is 0. The lowest BCUT2D eigenvalue weighted by Crippen LogP contribution is -2.47. The molecule has 0 bridgehead atoms. The van der Waals surface area contributed by atoms with Crippen molar-refractivity contribution in [2.75, 3.05) is 6.54 Å². The molecule has 0 spiro atoms. The van der Waals surface area contributed by atoms with E-state index in [9.17, 15) is 9.59 Å². The zero-order valence-electron chi connectivity index (χ0n) is 10.2. The fourth-order valence-electron chi connectivity index (χ4n) is 2.37. The molecule has 2 aliphatic carbocycles. The third kappa shape index (κ3) is 2.95. The van der Waals surface area contributed by atoms with E-state index in [0.29, 0.717) is 12.0 Å². The topological polar surface area (TPSA) is 78.4 Å². The summed E-state index contributed by atoms with van der Waals surface area (Å²) >= 11 is 0. The van der Waals surface area contributed by atoms with E-state index in [4.69, 9.17) is 11.5 Å². The van der Waals surface area contributed by atoms with Gasteiger partial charge in [-0.2, -0.15) is 0 Å². The Morgan fingerprint density at radius 3 is 2.56 bits per heavy atom. The second-order valence-corrected chi connectivity index (χ2v) is 5.26. The molecule has 18 heavy (non-hydrogen) atoms. The van der Waals surface area contributed by atoms with E-state index in [1.165, 1.54) is 25.7 Å². The van der Waals surface area contributed by atoms with Crippen LogP contribution in [0.2, 0.25) is 0 Å². The maximum atomic E-state index is 11.6. The Kier molecular flexibility index (Phi) is 3.46. The standard InChI is InChI=1S/C13H18N2O3/c1-2-3-10(11(16)17)15-12(18)14-8-13(6-7-13)9-4-5-9/h1,9-10H,3-8H2,(H,16,17)(H2,14,15,18). The average Bonchev–Trinajstić information content (AvgIpc) is 3.15. The third-order valence-corrected chi connectivity index (χ3v) is 3.86. The second kappa shape index (κ2) is 4.89. The van der Waals surface area contributed by atoms with Gasteiger partial charge in [0.15, 0.2) is 0 Å². The van der Waals surface area contributed by atoms with Crippen LogP contribution in [0.3, 0.4) is 0 Å². The van der Waals surface area contributed by atoms with Crippen molar-refractivity contribution in [3.8, 4) is 12.3 Å². The number of rotatable bonds is 6. The monoisotopic (exact) mass is 250 g/mol. The maximum Gasteiger partial charge on any atom is 0.327 e. The van der Waals surface area contributed by atoms with Crippen molar-refractivity contribution in [1.29, 1.82) is 0 Å². The molecular formula is C13H18N2O3. The van der Waals surface area contributed by atoms with Crippen molar-refractivity contribution >= 4 is 12.0 Å². The summed E-state index contributed by atoms with van der Waals surface area (Å²) in [5.41, 5.74) is 0.308. The van der Waals surface area contributed by atoms with Crippen LogP contribution < -0.4 is 10.6 Å². The number of urea groups is 1. The first-order valence-electron chi connectivity index (χ1n) is 6.28. The van der Waals surface area contributed by atoms with E-state index >= 15 is 0 Å². The zero-order valence-corrected chi connectivity index (χ0v) is 10.2. The number of hydrogen-bond acceptors (Lipinski definition) is 2. The molecule has 2 rings (SSSR count). The third-order valence-electron chi connectivity index (χ3n) is 3.86. The molecule has 2 aliphatic rings. The first-order chi connectivity index (χ1) is 8.57. The molecule has 98 valence electrons. The molecule has 2 saturated carbocycles. The highest BCUT2D eigenvalue weighted by molar-refractivity contribution is 5.82. The normalized spacial score (nSPS) is 21.5. The lowest BCUT2D eigenvalue weighted by atomic mass is 10.0. The van der Waals surface area contributed by atoms with E-state index in [2.05, 4.69) is 16.6 Å². The van der Waals surface area contributed by atoms with Crippen molar-refractivity contribution in [2.24, 2.45) is 11.3 Å². The molecule has 3 N–H and O–H groups in total. The first kappa shape index (κ1) is 12.7. The van der Waals surface area contributed by atoms with Gasteiger partial charge in [0.1, 0.15) is 6.04 Å². The molecule has 5 nitrogen and oxygen atoms in total. The number of nitrogens with one attached hydrogen (secondary N) is 2.